The van der Waals surface area contributed by atoms with Crippen molar-refractivity contribution in [2.75, 3.05) is 13.2 Å². The molecule has 1 unspecified atom stereocenters. The molecule has 1 heterocycles. The first kappa shape index (κ1) is 14.9. The highest BCUT2D eigenvalue weighted by molar-refractivity contribution is 7.80. The standard InChI is InChI=1S/C15H21N3OS/c1-11-5-6-12(2)13(8-11)9-17-18-15(20)16-10-14-4-3-7-19-14/h5-6,8-9,14H,3-4,7,10H2,1-2H3,(H2,16,18,20). The first-order valence-electron chi connectivity index (χ1n) is 6.91. The number of nitrogens with one attached hydrogen (secondary N) is 2. The van der Waals surface area contributed by atoms with E-state index in [4.69, 9.17) is 17.0 Å². The van der Waals surface area contributed by atoms with Crippen molar-refractivity contribution in [3.63, 3.8) is 0 Å². The summed E-state index contributed by atoms with van der Waals surface area (Å²) in [5, 5.41) is 7.82. The Bertz CT molecular complexity index is 496. The van der Waals surface area contributed by atoms with Crippen LogP contribution in [0.4, 0.5) is 0 Å². The Labute approximate surface area is 125 Å². The molecule has 0 aliphatic carbocycles. The van der Waals surface area contributed by atoms with Gasteiger partial charge in [0.05, 0.1) is 12.3 Å². The Morgan fingerprint density at radius 2 is 2.35 bits per heavy atom. The van der Waals surface area contributed by atoms with Gasteiger partial charge in [-0.25, -0.2) is 0 Å². The lowest BCUT2D eigenvalue weighted by Gasteiger charge is -2.11. The molecule has 1 atom stereocenters. The molecule has 0 radical (unpaired) electrons. The molecule has 20 heavy (non-hydrogen) atoms. The maximum atomic E-state index is 5.52. The normalized spacial score (nSPS) is 18.4. The SMILES string of the molecule is Cc1ccc(C)c(C=NNC(=S)NCC2CCCO2)c1. The summed E-state index contributed by atoms with van der Waals surface area (Å²) in [6.07, 6.45) is 4.30. The Kier molecular flexibility index (Phi) is 5.49. The zero-order chi connectivity index (χ0) is 14.4. The van der Waals surface area contributed by atoms with Crippen LogP contribution in [-0.4, -0.2) is 30.6 Å². The van der Waals surface area contributed by atoms with Crippen LogP contribution >= 0.6 is 12.2 Å². The number of hydrazone groups is 1. The van der Waals surface area contributed by atoms with E-state index in [2.05, 4.69) is 47.9 Å². The van der Waals surface area contributed by atoms with Gasteiger partial charge in [0.2, 0.25) is 0 Å². The molecular formula is C15H21N3OS. The van der Waals surface area contributed by atoms with Crippen molar-refractivity contribution >= 4 is 23.5 Å². The molecule has 1 fully saturated rings. The number of aryl methyl sites for hydroxylation is 2. The third-order valence-electron chi connectivity index (χ3n) is 3.32. The number of thiocarbonyl (C=S) groups is 1. The maximum absolute atomic E-state index is 5.52. The molecule has 1 saturated heterocycles. The van der Waals surface area contributed by atoms with Gasteiger partial charge >= 0.3 is 0 Å². The van der Waals surface area contributed by atoms with Crippen LogP contribution in [0.15, 0.2) is 23.3 Å². The fraction of sp³-hybridized carbons (Fsp3) is 0.467. The average molecular weight is 291 g/mol. The minimum Gasteiger partial charge on any atom is -0.376 e. The molecular weight excluding hydrogens is 270 g/mol. The molecule has 0 saturated carbocycles. The van der Waals surface area contributed by atoms with Gasteiger partial charge in [0.25, 0.3) is 0 Å². The average Bonchev–Trinajstić information content (AvgIpc) is 2.93. The first-order chi connectivity index (χ1) is 9.65. The highest BCUT2D eigenvalue weighted by atomic mass is 32.1. The van der Waals surface area contributed by atoms with E-state index in [1.54, 1.807) is 6.21 Å². The number of hydrogen-bond donors (Lipinski definition) is 2. The predicted octanol–water partition coefficient (Wildman–Crippen LogP) is 2.28. The van der Waals surface area contributed by atoms with Gasteiger partial charge in [0, 0.05) is 13.2 Å². The van der Waals surface area contributed by atoms with Crippen molar-refractivity contribution in [2.24, 2.45) is 5.10 Å². The molecule has 1 aliphatic rings. The fourth-order valence-electron chi connectivity index (χ4n) is 2.11. The van der Waals surface area contributed by atoms with Gasteiger partial charge in [-0.2, -0.15) is 5.10 Å². The minimum absolute atomic E-state index is 0.276. The molecule has 1 aliphatic heterocycles. The molecule has 5 heteroatoms. The van der Waals surface area contributed by atoms with E-state index in [-0.39, 0.29) is 6.10 Å². The summed E-state index contributed by atoms with van der Waals surface area (Å²) in [4.78, 5) is 0. The number of nitrogens with zero attached hydrogens (tertiary/aromatic N) is 1. The van der Waals surface area contributed by atoms with Gasteiger partial charge in [-0.3, -0.25) is 5.43 Å². The molecule has 0 aromatic heterocycles. The van der Waals surface area contributed by atoms with Crippen molar-refractivity contribution in [2.45, 2.75) is 32.8 Å². The Morgan fingerprint density at radius 1 is 1.50 bits per heavy atom. The first-order valence-corrected chi connectivity index (χ1v) is 7.32. The second-order valence-electron chi connectivity index (χ2n) is 5.08. The van der Waals surface area contributed by atoms with Gasteiger partial charge in [-0.1, -0.05) is 23.8 Å². The summed E-state index contributed by atoms with van der Waals surface area (Å²) in [5.41, 5.74) is 6.35. The summed E-state index contributed by atoms with van der Waals surface area (Å²) < 4.78 is 5.52. The molecule has 0 spiro atoms. The number of rotatable bonds is 4. The third kappa shape index (κ3) is 4.58. The largest absolute Gasteiger partial charge is 0.376 e. The van der Waals surface area contributed by atoms with Gasteiger partial charge in [0.1, 0.15) is 0 Å². The maximum Gasteiger partial charge on any atom is 0.187 e. The summed E-state index contributed by atoms with van der Waals surface area (Å²) in [6.45, 7) is 5.73. The van der Waals surface area contributed by atoms with Gasteiger partial charge < -0.3 is 10.1 Å². The molecule has 0 amide bonds. The number of ether oxygens (including phenoxy) is 1. The second kappa shape index (κ2) is 7.36. The summed E-state index contributed by atoms with van der Waals surface area (Å²) in [6, 6.07) is 6.28. The van der Waals surface area contributed by atoms with Crippen molar-refractivity contribution in [1.82, 2.24) is 10.7 Å². The smallest absolute Gasteiger partial charge is 0.187 e. The van der Waals surface area contributed by atoms with Crippen LogP contribution in [0.25, 0.3) is 0 Å². The lowest BCUT2D eigenvalue weighted by molar-refractivity contribution is 0.114. The molecule has 1 aromatic carbocycles. The van der Waals surface area contributed by atoms with E-state index >= 15 is 0 Å². The zero-order valence-electron chi connectivity index (χ0n) is 12.0. The molecule has 2 N–H and O–H groups in total. The van der Waals surface area contributed by atoms with Crippen LogP contribution in [0.2, 0.25) is 0 Å². The molecule has 108 valence electrons. The molecule has 0 bridgehead atoms. The van der Waals surface area contributed by atoms with Crippen molar-refractivity contribution in [1.29, 1.82) is 0 Å². The van der Waals surface area contributed by atoms with Crippen LogP contribution in [0.3, 0.4) is 0 Å². The Hall–Kier alpha value is -1.46. The summed E-state index contributed by atoms with van der Waals surface area (Å²) >= 11 is 5.17. The predicted molar refractivity (Wildman–Crippen MR) is 86.2 cm³/mol. The van der Waals surface area contributed by atoms with Crippen LogP contribution in [0, 0.1) is 13.8 Å². The summed E-state index contributed by atoms with van der Waals surface area (Å²) in [5.74, 6) is 0. The topological polar surface area (TPSA) is 45.7 Å². The summed E-state index contributed by atoms with van der Waals surface area (Å²) in [7, 11) is 0. The lowest BCUT2D eigenvalue weighted by atomic mass is 10.1. The number of hydrogen-bond acceptors (Lipinski definition) is 3. The Balaban J connectivity index is 1.77. The van der Waals surface area contributed by atoms with E-state index < -0.39 is 0 Å². The van der Waals surface area contributed by atoms with E-state index in [1.807, 2.05) is 0 Å². The van der Waals surface area contributed by atoms with Crippen LogP contribution in [-0.2, 0) is 4.74 Å². The van der Waals surface area contributed by atoms with Gasteiger partial charge in [-0.05, 0) is 50.0 Å². The van der Waals surface area contributed by atoms with Gasteiger partial charge in [0.15, 0.2) is 5.11 Å². The quantitative estimate of drug-likeness (QED) is 0.507. The van der Waals surface area contributed by atoms with Crippen molar-refractivity contribution in [3.8, 4) is 0 Å². The van der Waals surface area contributed by atoms with Gasteiger partial charge in [-0.15, -0.1) is 0 Å². The molecule has 4 nitrogen and oxygen atoms in total. The van der Waals surface area contributed by atoms with Crippen molar-refractivity contribution < 1.29 is 4.74 Å². The fourth-order valence-corrected chi connectivity index (χ4v) is 2.25. The molecule has 1 aromatic rings. The zero-order valence-corrected chi connectivity index (χ0v) is 12.8. The molecule has 2 rings (SSSR count). The van der Waals surface area contributed by atoms with E-state index in [0.29, 0.717) is 5.11 Å². The Morgan fingerprint density at radius 3 is 3.10 bits per heavy atom. The van der Waals surface area contributed by atoms with E-state index in [9.17, 15) is 0 Å². The number of benzene rings is 1. The second-order valence-corrected chi connectivity index (χ2v) is 5.48. The lowest BCUT2D eigenvalue weighted by Crippen LogP contribution is -2.37. The van der Waals surface area contributed by atoms with E-state index in [0.717, 1.165) is 31.6 Å². The van der Waals surface area contributed by atoms with E-state index in [1.165, 1.54) is 11.1 Å². The van der Waals surface area contributed by atoms with Crippen LogP contribution in [0.5, 0.6) is 0 Å². The van der Waals surface area contributed by atoms with Crippen LogP contribution in [0.1, 0.15) is 29.5 Å². The minimum atomic E-state index is 0.276. The van der Waals surface area contributed by atoms with Crippen molar-refractivity contribution in [3.05, 3.63) is 34.9 Å². The monoisotopic (exact) mass is 291 g/mol. The highest BCUT2D eigenvalue weighted by Gasteiger charge is 2.14. The highest BCUT2D eigenvalue weighted by Crippen LogP contribution is 2.10. The third-order valence-corrected chi connectivity index (χ3v) is 3.55. The van der Waals surface area contributed by atoms with Crippen LogP contribution < -0.4 is 10.7 Å².